The summed E-state index contributed by atoms with van der Waals surface area (Å²) in [7, 11) is 0. The number of carbonyl (C=O) groups excluding carboxylic acids is 1. The van der Waals surface area contributed by atoms with Crippen LogP contribution in [0.3, 0.4) is 0 Å². The third kappa shape index (κ3) is 4.17. The average molecular weight is 419 g/mol. The number of ether oxygens (including phenoxy) is 1. The van der Waals surface area contributed by atoms with Crippen LogP contribution < -0.4 is 15.5 Å². The number of rotatable bonds is 6. The van der Waals surface area contributed by atoms with Gasteiger partial charge >= 0.3 is 12.1 Å². The first-order chi connectivity index (χ1) is 13.1. The zero-order valence-corrected chi connectivity index (χ0v) is 16.7. The molecule has 1 fully saturated rings. The van der Waals surface area contributed by atoms with Crippen molar-refractivity contribution in [2.24, 2.45) is 5.92 Å². The third-order valence-corrected chi connectivity index (χ3v) is 4.95. The summed E-state index contributed by atoms with van der Waals surface area (Å²) in [6.07, 6.45) is -5.16. The van der Waals surface area contributed by atoms with Gasteiger partial charge < -0.3 is 25.4 Å². The van der Waals surface area contributed by atoms with Crippen LogP contribution in [0.15, 0.2) is 24.3 Å². The molecule has 1 heterocycles. The van der Waals surface area contributed by atoms with E-state index < -0.39 is 34.9 Å². The van der Waals surface area contributed by atoms with Crippen LogP contribution in [-0.4, -0.2) is 47.8 Å². The highest BCUT2D eigenvalue weighted by molar-refractivity contribution is 7.80. The molecule has 1 aromatic carbocycles. The van der Waals surface area contributed by atoms with Crippen molar-refractivity contribution in [1.29, 1.82) is 0 Å². The maximum absolute atomic E-state index is 13.7. The number of aliphatic hydroxyl groups is 1. The summed E-state index contributed by atoms with van der Waals surface area (Å²) >= 11 is 4.87. The van der Waals surface area contributed by atoms with E-state index in [0.29, 0.717) is 5.56 Å². The molecule has 1 aliphatic rings. The standard InChI is InChI=1S/C18H24F3N3O3S/c1-4-24(5-2)12-9-7-11(8-10-12)14-13(15(25)27-6-3)17(26,18(19,20)21)23-16(28)22-14/h7-10,13-14,26H,4-6H2,1-3H3,(H2,22,23,28)/t13-,14-,17+/m0/s1. The molecule has 0 aromatic heterocycles. The van der Waals surface area contributed by atoms with Gasteiger partial charge in [-0.1, -0.05) is 12.1 Å². The van der Waals surface area contributed by atoms with Crippen molar-refractivity contribution in [3.63, 3.8) is 0 Å². The largest absolute Gasteiger partial charge is 0.466 e. The average Bonchev–Trinajstić information content (AvgIpc) is 2.62. The molecule has 10 heteroatoms. The van der Waals surface area contributed by atoms with Crippen molar-refractivity contribution in [3.05, 3.63) is 29.8 Å². The monoisotopic (exact) mass is 419 g/mol. The van der Waals surface area contributed by atoms with E-state index in [-0.39, 0.29) is 6.61 Å². The molecule has 0 aliphatic carbocycles. The second kappa shape index (κ2) is 8.52. The number of anilines is 1. The van der Waals surface area contributed by atoms with Crippen LogP contribution >= 0.6 is 12.2 Å². The van der Waals surface area contributed by atoms with E-state index in [1.54, 1.807) is 24.3 Å². The van der Waals surface area contributed by atoms with Crippen molar-refractivity contribution in [2.75, 3.05) is 24.6 Å². The van der Waals surface area contributed by atoms with Crippen LogP contribution in [0.5, 0.6) is 0 Å². The zero-order chi connectivity index (χ0) is 21.1. The molecule has 2 rings (SSSR count). The van der Waals surface area contributed by atoms with E-state index in [1.807, 2.05) is 19.2 Å². The van der Waals surface area contributed by atoms with Gasteiger partial charge in [-0.25, -0.2) is 0 Å². The summed E-state index contributed by atoms with van der Waals surface area (Å²) in [5.74, 6) is -3.17. The smallest absolute Gasteiger partial charge is 0.437 e. The molecule has 28 heavy (non-hydrogen) atoms. The maximum atomic E-state index is 13.7. The van der Waals surface area contributed by atoms with E-state index in [9.17, 15) is 23.1 Å². The molecule has 0 bridgehead atoms. The number of esters is 1. The van der Waals surface area contributed by atoms with Gasteiger partial charge in [0.2, 0.25) is 0 Å². The van der Waals surface area contributed by atoms with Gasteiger partial charge in [-0.05, 0) is 50.7 Å². The number of hydrogen-bond acceptors (Lipinski definition) is 5. The van der Waals surface area contributed by atoms with Gasteiger partial charge in [0.05, 0.1) is 12.6 Å². The van der Waals surface area contributed by atoms with Crippen molar-refractivity contribution in [1.82, 2.24) is 10.6 Å². The fraction of sp³-hybridized carbons (Fsp3) is 0.556. The Morgan fingerprint density at radius 1 is 1.25 bits per heavy atom. The normalized spacial score (nSPS) is 24.9. The highest BCUT2D eigenvalue weighted by Crippen LogP contribution is 2.43. The molecule has 0 spiro atoms. The molecule has 0 unspecified atom stereocenters. The molecule has 6 nitrogen and oxygen atoms in total. The van der Waals surface area contributed by atoms with Gasteiger partial charge in [0.25, 0.3) is 5.72 Å². The number of nitrogens with one attached hydrogen (secondary N) is 2. The molecule has 1 saturated heterocycles. The summed E-state index contributed by atoms with van der Waals surface area (Å²) in [5.41, 5.74) is -2.28. The van der Waals surface area contributed by atoms with Crippen LogP contribution in [0.1, 0.15) is 32.4 Å². The summed E-state index contributed by atoms with van der Waals surface area (Å²) in [6, 6.07) is 5.52. The van der Waals surface area contributed by atoms with Crippen molar-refractivity contribution >= 4 is 29.0 Å². The van der Waals surface area contributed by atoms with Gasteiger partial charge in [0.15, 0.2) is 5.11 Å². The Balaban J connectivity index is 2.49. The Kier molecular flexibility index (Phi) is 6.76. The zero-order valence-electron chi connectivity index (χ0n) is 15.8. The quantitative estimate of drug-likeness (QED) is 0.483. The lowest BCUT2D eigenvalue weighted by Crippen LogP contribution is -2.73. The van der Waals surface area contributed by atoms with Crippen molar-refractivity contribution in [3.8, 4) is 0 Å². The first kappa shape index (κ1) is 22.2. The van der Waals surface area contributed by atoms with E-state index in [4.69, 9.17) is 17.0 Å². The van der Waals surface area contributed by atoms with Crippen molar-refractivity contribution < 1.29 is 27.8 Å². The topological polar surface area (TPSA) is 73.8 Å². The van der Waals surface area contributed by atoms with Crippen LogP contribution in [-0.2, 0) is 9.53 Å². The molecule has 156 valence electrons. The Morgan fingerprint density at radius 3 is 2.29 bits per heavy atom. The van der Waals surface area contributed by atoms with Crippen molar-refractivity contribution in [2.45, 2.75) is 38.7 Å². The van der Waals surface area contributed by atoms with E-state index in [2.05, 4.69) is 10.2 Å². The van der Waals surface area contributed by atoms with Crippen LogP contribution in [0.4, 0.5) is 18.9 Å². The summed E-state index contributed by atoms with van der Waals surface area (Å²) in [5, 5.41) is 14.5. The minimum atomic E-state index is -5.16. The van der Waals surface area contributed by atoms with E-state index >= 15 is 0 Å². The number of nitrogens with zero attached hydrogens (tertiary/aromatic N) is 1. The SMILES string of the molecule is CCOC(=O)[C@@H]1[C@H](c2ccc(N(CC)CC)cc2)NC(=S)N[C@]1(O)C(F)(F)F. The second-order valence-electron chi connectivity index (χ2n) is 6.33. The first-order valence-electron chi connectivity index (χ1n) is 8.98. The number of thiocarbonyl (C=S) groups is 1. The molecule has 1 aromatic rings. The number of hydrogen-bond donors (Lipinski definition) is 3. The molecule has 0 saturated carbocycles. The fourth-order valence-corrected chi connectivity index (χ4v) is 3.58. The minimum absolute atomic E-state index is 0.124. The molecule has 3 N–H and O–H groups in total. The highest BCUT2D eigenvalue weighted by atomic mass is 32.1. The Labute approximate surface area is 167 Å². The number of benzene rings is 1. The summed E-state index contributed by atoms with van der Waals surface area (Å²) in [4.78, 5) is 14.5. The van der Waals surface area contributed by atoms with Gasteiger partial charge in [0.1, 0.15) is 5.92 Å². The lowest BCUT2D eigenvalue weighted by Gasteiger charge is -2.45. The van der Waals surface area contributed by atoms with Crippen LogP contribution in [0.2, 0.25) is 0 Å². The molecular formula is C18H24F3N3O3S. The molecule has 3 atom stereocenters. The minimum Gasteiger partial charge on any atom is -0.466 e. The number of carbonyl (C=O) groups is 1. The lowest BCUT2D eigenvalue weighted by molar-refractivity contribution is -0.292. The number of halogens is 3. The van der Waals surface area contributed by atoms with E-state index in [0.717, 1.165) is 18.8 Å². The molecule has 0 amide bonds. The van der Waals surface area contributed by atoms with Crippen LogP contribution in [0.25, 0.3) is 0 Å². The maximum Gasteiger partial charge on any atom is 0.437 e. The van der Waals surface area contributed by atoms with Gasteiger partial charge in [-0.2, -0.15) is 13.2 Å². The van der Waals surface area contributed by atoms with Gasteiger partial charge in [0, 0.05) is 18.8 Å². The Morgan fingerprint density at radius 2 is 1.82 bits per heavy atom. The number of alkyl halides is 3. The molecule has 1 aliphatic heterocycles. The van der Waals surface area contributed by atoms with Gasteiger partial charge in [-0.3, -0.25) is 4.79 Å². The van der Waals surface area contributed by atoms with Crippen LogP contribution in [0, 0.1) is 5.92 Å². The van der Waals surface area contributed by atoms with E-state index in [1.165, 1.54) is 6.92 Å². The molecular weight excluding hydrogens is 395 g/mol. The Hall–Kier alpha value is -2.07. The first-order valence-corrected chi connectivity index (χ1v) is 9.39. The Bertz CT molecular complexity index is 710. The summed E-state index contributed by atoms with van der Waals surface area (Å²) in [6.45, 7) is 6.87. The third-order valence-electron chi connectivity index (χ3n) is 4.73. The highest BCUT2D eigenvalue weighted by Gasteiger charge is 2.66. The fourth-order valence-electron chi connectivity index (χ4n) is 3.30. The predicted octanol–water partition coefficient (Wildman–Crippen LogP) is 2.48. The second-order valence-corrected chi connectivity index (χ2v) is 6.74. The lowest BCUT2D eigenvalue weighted by atomic mass is 9.82. The summed E-state index contributed by atoms with van der Waals surface area (Å²) < 4.78 is 45.9. The molecule has 0 radical (unpaired) electrons. The van der Waals surface area contributed by atoms with Gasteiger partial charge in [-0.15, -0.1) is 0 Å². The predicted molar refractivity (Wildman–Crippen MR) is 103 cm³/mol.